The summed E-state index contributed by atoms with van der Waals surface area (Å²) < 4.78 is 48.8. The molecule has 3 fully saturated rings. The van der Waals surface area contributed by atoms with E-state index in [0.29, 0.717) is 24.2 Å². The average molecular weight is 567 g/mol. The van der Waals surface area contributed by atoms with Gasteiger partial charge in [0.2, 0.25) is 5.88 Å². The Hall–Kier alpha value is -3.51. The van der Waals surface area contributed by atoms with Crippen molar-refractivity contribution in [3.63, 3.8) is 0 Å². The molecule has 0 bridgehead atoms. The Balaban J connectivity index is 0.935. The van der Waals surface area contributed by atoms with Gasteiger partial charge in [-0.2, -0.15) is 18.3 Å². The second kappa shape index (κ2) is 10.7. The topological polar surface area (TPSA) is 88.0 Å². The molecule has 6 heterocycles. The fourth-order valence-corrected chi connectivity index (χ4v) is 6.42. The highest BCUT2D eigenvalue weighted by molar-refractivity contribution is 5.89. The Morgan fingerprint density at radius 1 is 1.00 bits per heavy atom. The van der Waals surface area contributed by atoms with Gasteiger partial charge < -0.3 is 9.72 Å². The van der Waals surface area contributed by atoms with Gasteiger partial charge in [-0.3, -0.25) is 14.5 Å². The number of alkyl halides is 3. The Labute approximate surface area is 235 Å². The fourth-order valence-electron chi connectivity index (χ4n) is 6.42. The molecule has 0 amide bonds. The number of aromatic amines is 1. The van der Waals surface area contributed by atoms with E-state index in [4.69, 9.17) is 4.74 Å². The summed E-state index contributed by atoms with van der Waals surface area (Å²) in [7, 11) is 0. The number of pyridine rings is 1. The highest BCUT2D eigenvalue weighted by atomic mass is 19.4. The maximum Gasteiger partial charge on any atom is 0.433 e. The molecular weight excluding hydrogens is 533 g/mol. The highest BCUT2D eigenvalue weighted by Crippen LogP contribution is 2.38. The monoisotopic (exact) mass is 566 g/mol. The maximum atomic E-state index is 13.6. The van der Waals surface area contributed by atoms with Crippen LogP contribution in [0.5, 0.6) is 5.88 Å². The van der Waals surface area contributed by atoms with Crippen molar-refractivity contribution in [3.8, 4) is 17.1 Å². The van der Waals surface area contributed by atoms with Crippen molar-refractivity contribution in [1.29, 1.82) is 0 Å². The highest BCUT2D eigenvalue weighted by Gasteiger charge is 2.38. The number of rotatable bonds is 7. The number of ether oxygens (including phenoxy) is 1. The van der Waals surface area contributed by atoms with Crippen LogP contribution in [0.2, 0.25) is 0 Å². The van der Waals surface area contributed by atoms with Gasteiger partial charge in [0.25, 0.3) is 0 Å². The Morgan fingerprint density at radius 2 is 1.80 bits per heavy atom. The molecule has 1 aliphatic carbocycles. The Morgan fingerprint density at radius 3 is 2.59 bits per heavy atom. The number of piperidine rings is 1. The van der Waals surface area contributed by atoms with Crippen LogP contribution in [0.1, 0.15) is 55.8 Å². The van der Waals surface area contributed by atoms with Gasteiger partial charge in [0.05, 0.1) is 17.9 Å². The normalized spacial score (nSPS) is 22.8. The van der Waals surface area contributed by atoms with Crippen molar-refractivity contribution in [1.82, 2.24) is 39.5 Å². The number of nitrogens with zero attached hydrogens (tertiary/aromatic N) is 7. The van der Waals surface area contributed by atoms with Crippen molar-refractivity contribution in [3.05, 3.63) is 54.4 Å². The number of likely N-dealkylation sites (tertiary alicyclic amines) is 2. The third kappa shape index (κ3) is 5.54. The number of fused-ring (bicyclic) bond motifs is 1. The summed E-state index contributed by atoms with van der Waals surface area (Å²) in [6.07, 6.45) is 8.48. The Kier molecular flexibility index (Phi) is 6.90. The summed E-state index contributed by atoms with van der Waals surface area (Å²) in [5, 5.41) is 5.60. The van der Waals surface area contributed by atoms with E-state index in [0.717, 1.165) is 93.1 Å². The van der Waals surface area contributed by atoms with Gasteiger partial charge >= 0.3 is 6.18 Å². The number of hydrogen-bond acceptors (Lipinski definition) is 7. The molecule has 9 nitrogen and oxygen atoms in total. The van der Waals surface area contributed by atoms with Crippen molar-refractivity contribution >= 4 is 11.0 Å². The van der Waals surface area contributed by atoms with Crippen LogP contribution < -0.4 is 4.74 Å². The van der Waals surface area contributed by atoms with Gasteiger partial charge in [0.1, 0.15) is 23.8 Å². The predicted octanol–water partition coefficient (Wildman–Crippen LogP) is 5.08. The van der Waals surface area contributed by atoms with E-state index in [2.05, 4.69) is 41.0 Å². The zero-order chi connectivity index (χ0) is 28.0. The van der Waals surface area contributed by atoms with Crippen LogP contribution >= 0.6 is 0 Å². The molecule has 2 saturated heterocycles. The van der Waals surface area contributed by atoms with Crippen molar-refractivity contribution in [2.45, 2.75) is 69.4 Å². The van der Waals surface area contributed by atoms with E-state index in [1.165, 1.54) is 0 Å². The first-order chi connectivity index (χ1) is 19.9. The lowest BCUT2D eigenvalue weighted by Crippen LogP contribution is -2.50. The molecule has 0 spiro atoms. The fraction of sp³-hybridized carbons (Fsp3) is 0.517. The first-order valence-electron chi connectivity index (χ1n) is 14.4. The average Bonchev–Trinajstić information content (AvgIpc) is 3.71. The molecular formula is C29H33F3N8O. The first-order valence-corrected chi connectivity index (χ1v) is 14.4. The lowest BCUT2D eigenvalue weighted by Gasteiger charge is -2.45. The summed E-state index contributed by atoms with van der Waals surface area (Å²) in [4.78, 5) is 20.4. The standard InChI is InChI=1S/C29H33F3N8O/c30-29(31,32)25-11-19(16-38-7-1-2-8-38)12-26(37-25)41-23-4-9-39(10-5-23)21-13-22(14-21)40-17-20(15-36-40)27-24-3-6-33-28(24)35-18-34-27/h3,6,11-12,15,17-18,21-23H,1-2,4-5,7-10,13-14,16H2,(H,33,34,35). The minimum atomic E-state index is -4.50. The number of hydrogen-bond donors (Lipinski definition) is 1. The van der Waals surface area contributed by atoms with Crippen LogP contribution in [0.25, 0.3) is 22.3 Å². The van der Waals surface area contributed by atoms with E-state index in [1.807, 2.05) is 23.1 Å². The maximum absolute atomic E-state index is 13.6. The van der Waals surface area contributed by atoms with E-state index >= 15 is 0 Å². The predicted molar refractivity (Wildman–Crippen MR) is 146 cm³/mol. The SMILES string of the molecule is FC(F)(F)c1cc(CN2CCCC2)cc(OC2CCN(C3CC(n4cc(-c5ncnc6[nH]ccc56)cn4)C3)CC2)n1. The minimum Gasteiger partial charge on any atom is -0.474 e. The van der Waals surface area contributed by atoms with Crippen LogP contribution in [0.4, 0.5) is 13.2 Å². The summed E-state index contributed by atoms with van der Waals surface area (Å²) in [5.41, 5.74) is 2.40. The molecule has 0 atom stereocenters. The van der Waals surface area contributed by atoms with Gasteiger partial charge in [-0.05, 0) is 69.3 Å². The number of aromatic nitrogens is 6. The number of nitrogens with one attached hydrogen (secondary N) is 1. The second-order valence-electron chi connectivity index (χ2n) is 11.5. The quantitative estimate of drug-likeness (QED) is 0.334. The van der Waals surface area contributed by atoms with Crippen LogP contribution in [0.3, 0.4) is 0 Å². The lowest BCUT2D eigenvalue weighted by molar-refractivity contribution is -0.141. The molecule has 7 rings (SSSR count). The molecule has 0 unspecified atom stereocenters. The largest absolute Gasteiger partial charge is 0.474 e. The van der Waals surface area contributed by atoms with E-state index in [1.54, 1.807) is 12.4 Å². The van der Waals surface area contributed by atoms with E-state index < -0.39 is 11.9 Å². The van der Waals surface area contributed by atoms with Crippen LogP contribution in [-0.2, 0) is 12.7 Å². The first kappa shape index (κ1) is 26.4. The smallest absolute Gasteiger partial charge is 0.433 e. The van der Waals surface area contributed by atoms with Crippen LogP contribution in [0.15, 0.2) is 43.1 Å². The summed E-state index contributed by atoms with van der Waals surface area (Å²) in [6.45, 7) is 4.05. The molecule has 1 N–H and O–H groups in total. The van der Waals surface area contributed by atoms with Gasteiger partial charge in [-0.25, -0.2) is 15.0 Å². The summed E-state index contributed by atoms with van der Waals surface area (Å²) in [5.74, 6) is 0.0891. The minimum absolute atomic E-state index is 0.0891. The summed E-state index contributed by atoms with van der Waals surface area (Å²) in [6, 6.07) is 5.65. The van der Waals surface area contributed by atoms with Gasteiger partial charge in [-0.15, -0.1) is 0 Å². The van der Waals surface area contributed by atoms with Gasteiger partial charge in [0, 0.05) is 55.1 Å². The van der Waals surface area contributed by atoms with Crippen LogP contribution in [-0.4, -0.2) is 77.8 Å². The molecule has 0 radical (unpaired) electrons. The molecule has 3 aliphatic rings. The zero-order valence-corrected chi connectivity index (χ0v) is 22.7. The molecule has 12 heteroatoms. The number of halogens is 3. The van der Waals surface area contributed by atoms with E-state index in [-0.39, 0.29) is 12.0 Å². The zero-order valence-electron chi connectivity index (χ0n) is 22.7. The van der Waals surface area contributed by atoms with Crippen molar-refractivity contribution in [2.75, 3.05) is 26.2 Å². The molecule has 216 valence electrons. The summed E-state index contributed by atoms with van der Waals surface area (Å²) >= 11 is 0. The lowest BCUT2D eigenvalue weighted by atomic mass is 9.84. The molecule has 2 aliphatic heterocycles. The molecule has 0 aromatic carbocycles. The Bertz CT molecular complexity index is 1500. The van der Waals surface area contributed by atoms with Crippen molar-refractivity contribution in [2.24, 2.45) is 0 Å². The van der Waals surface area contributed by atoms with E-state index in [9.17, 15) is 13.2 Å². The van der Waals surface area contributed by atoms with Crippen LogP contribution in [0, 0.1) is 0 Å². The number of H-pyrrole nitrogens is 1. The molecule has 1 saturated carbocycles. The molecule has 41 heavy (non-hydrogen) atoms. The second-order valence-corrected chi connectivity index (χ2v) is 11.5. The van der Waals surface area contributed by atoms with Gasteiger partial charge in [0.15, 0.2) is 0 Å². The molecule has 4 aromatic rings. The third-order valence-corrected chi connectivity index (χ3v) is 8.73. The van der Waals surface area contributed by atoms with Gasteiger partial charge in [-0.1, -0.05) is 0 Å². The third-order valence-electron chi connectivity index (χ3n) is 8.73. The van der Waals surface area contributed by atoms with Crippen molar-refractivity contribution < 1.29 is 17.9 Å². The molecule has 4 aromatic heterocycles.